The monoisotopic (exact) mass is 410 g/mol. The third-order valence-corrected chi connectivity index (χ3v) is 5.25. The highest BCUT2D eigenvalue weighted by Gasteiger charge is 2.24. The summed E-state index contributed by atoms with van der Waals surface area (Å²) >= 11 is 0. The first kappa shape index (κ1) is 21.5. The standard InChI is InChI=1S/C23H26N2O5/c1-2-6-17-7-9-18(10-8-17)22(26)16-30-23(27)19-11-12-20(21(15-19)25(28)29)24-13-4-3-5-14-24/h7-12,15H,2-6,13-14,16H2,1H3. The number of nitro benzene ring substituents is 1. The van der Waals surface area contributed by atoms with Gasteiger partial charge in [0.05, 0.1) is 10.5 Å². The lowest BCUT2D eigenvalue weighted by Crippen LogP contribution is -2.30. The lowest BCUT2D eigenvalue weighted by Gasteiger charge is -2.28. The van der Waals surface area contributed by atoms with E-state index in [2.05, 4.69) is 6.92 Å². The Bertz CT molecular complexity index is 918. The maximum Gasteiger partial charge on any atom is 0.338 e. The maximum atomic E-state index is 12.4. The number of rotatable bonds is 8. The molecule has 2 aromatic rings. The molecule has 1 aliphatic heterocycles. The Morgan fingerprint density at radius 2 is 1.70 bits per heavy atom. The van der Waals surface area contributed by atoms with E-state index in [-0.39, 0.29) is 17.0 Å². The Balaban J connectivity index is 1.66. The molecule has 3 rings (SSSR count). The highest BCUT2D eigenvalue weighted by atomic mass is 16.6. The molecule has 0 saturated carbocycles. The van der Waals surface area contributed by atoms with Crippen molar-refractivity contribution in [2.75, 3.05) is 24.6 Å². The molecule has 7 heteroatoms. The highest BCUT2D eigenvalue weighted by molar-refractivity contribution is 5.99. The summed E-state index contributed by atoms with van der Waals surface area (Å²) in [5, 5.41) is 11.5. The van der Waals surface area contributed by atoms with Gasteiger partial charge in [-0.15, -0.1) is 0 Å². The fourth-order valence-electron chi connectivity index (χ4n) is 3.64. The number of nitro groups is 1. The summed E-state index contributed by atoms with van der Waals surface area (Å²) in [6.45, 7) is 3.20. The zero-order chi connectivity index (χ0) is 21.5. The second-order valence-corrected chi connectivity index (χ2v) is 7.45. The summed E-state index contributed by atoms with van der Waals surface area (Å²) in [6, 6.07) is 11.6. The van der Waals surface area contributed by atoms with Crippen LogP contribution in [0, 0.1) is 10.1 Å². The van der Waals surface area contributed by atoms with Crippen LogP contribution in [-0.2, 0) is 11.2 Å². The molecule has 1 saturated heterocycles. The van der Waals surface area contributed by atoms with Crippen LogP contribution in [0.5, 0.6) is 0 Å². The van der Waals surface area contributed by atoms with E-state index < -0.39 is 17.5 Å². The maximum absolute atomic E-state index is 12.4. The molecule has 0 atom stereocenters. The van der Waals surface area contributed by atoms with Crippen LogP contribution in [-0.4, -0.2) is 36.4 Å². The zero-order valence-electron chi connectivity index (χ0n) is 17.1. The summed E-state index contributed by atoms with van der Waals surface area (Å²) in [5.41, 5.74) is 2.07. The molecule has 0 N–H and O–H groups in total. The number of anilines is 1. The number of hydrogen-bond acceptors (Lipinski definition) is 6. The van der Waals surface area contributed by atoms with E-state index in [1.165, 1.54) is 12.1 Å². The summed E-state index contributed by atoms with van der Waals surface area (Å²) < 4.78 is 5.12. The molecule has 1 aliphatic rings. The molecule has 0 aromatic heterocycles. The second kappa shape index (κ2) is 10.0. The Morgan fingerprint density at radius 3 is 2.33 bits per heavy atom. The number of benzene rings is 2. The Kier molecular flexibility index (Phi) is 7.17. The van der Waals surface area contributed by atoms with Crippen molar-refractivity contribution in [2.45, 2.75) is 39.0 Å². The molecular weight excluding hydrogens is 384 g/mol. The van der Waals surface area contributed by atoms with E-state index in [1.807, 2.05) is 17.0 Å². The number of hydrogen-bond donors (Lipinski definition) is 0. The molecule has 0 radical (unpaired) electrons. The first-order valence-corrected chi connectivity index (χ1v) is 10.3. The van der Waals surface area contributed by atoms with Crippen molar-refractivity contribution >= 4 is 23.1 Å². The molecule has 1 heterocycles. The summed E-state index contributed by atoms with van der Waals surface area (Å²) in [7, 11) is 0. The molecule has 1 fully saturated rings. The summed E-state index contributed by atoms with van der Waals surface area (Å²) in [6.07, 6.45) is 5.05. The molecule has 0 unspecified atom stereocenters. The molecule has 0 spiro atoms. The predicted octanol–water partition coefficient (Wildman–Crippen LogP) is 4.58. The van der Waals surface area contributed by atoms with Crippen molar-refractivity contribution in [2.24, 2.45) is 0 Å². The van der Waals surface area contributed by atoms with Crippen LogP contribution in [0.4, 0.5) is 11.4 Å². The van der Waals surface area contributed by atoms with Crippen LogP contribution in [0.25, 0.3) is 0 Å². The van der Waals surface area contributed by atoms with Crippen molar-refractivity contribution in [1.82, 2.24) is 0 Å². The van der Waals surface area contributed by atoms with Crippen molar-refractivity contribution in [3.05, 3.63) is 69.3 Å². The van der Waals surface area contributed by atoms with E-state index in [9.17, 15) is 19.7 Å². The lowest BCUT2D eigenvalue weighted by atomic mass is 10.1. The van der Waals surface area contributed by atoms with Crippen LogP contribution in [0.3, 0.4) is 0 Å². The van der Waals surface area contributed by atoms with Crippen molar-refractivity contribution in [3.63, 3.8) is 0 Å². The number of nitrogens with zero attached hydrogens (tertiary/aromatic N) is 2. The number of esters is 1. The van der Waals surface area contributed by atoms with E-state index in [0.717, 1.165) is 50.8 Å². The van der Waals surface area contributed by atoms with Gasteiger partial charge in [-0.3, -0.25) is 14.9 Å². The van der Waals surface area contributed by atoms with Crippen LogP contribution >= 0.6 is 0 Å². The minimum Gasteiger partial charge on any atom is -0.454 e. The molecule has 0 aliphatic carbocycles. The molecular formula is C23H26N2O5. The molecule has 0 bridgehead atoms. The SMILES string of the molecule is CCCc1ccc(C(=O)COC(=O)c2ccc(N3CCCCC3)c([N+](=O)[O-])c2)cc1. The van der Waals surface area contributed by atoms with Crippen molar-refractivity contribution in [1.29, 1.82) is 0 Å². The van der Waals surface area contributed by atoms with Crippen LogP contribution in [0.2, 0.25) is 0 Å². The molecule has 0 amide bonds. The Hall–Kier alpha value is -3.22. The molecule has 30 heavy (non-hydrogen) atoms. The van der Waals surface area contributed by atoms with Crippen molar-refractivity contribution in [3.8, 4) is 0 Å². The third-order valence-electron chi connectivity index (χ3n) is 5.25. The van der Waals surface area contributed by atoms with Crippen molar-refractivity contribution < 1.29 is 19.2 Å². The molecule has 7 nitrogen and oxygen atoms in total. The number of carbonyl (C=O) groups is 2. The minimum atomic E-state index is -0.751. The average molecular weight is 410 g/mol. The van der Waals surface area contributed by atoms with E-state index in [4.69, 9.17) is 4.74 Å². The van der Waals surface area contributed by atoms with Gasteiger partial charge < -0.3 is 9.64 Å². The first-order chi connectivity index (χ1) is 14.5. The second-order valence-electron chi connectivity index (χ2n) is 7.45. The number of aryl methyl sites for hydroxylation is 1. The highest BCUT2D eigenvalue weighted by Crippen LogP contribution is 2.31. The average Bonchev–Trinajstić information content (AvgIpc) is 2.78. The fraction of sp³-hybridized carbons (Fsp3) is 0.391. The van der Waals surface area contributed by atoms with Gasteiger partial charge >= 0.3 is 5.97 Å². The normalized spacial score (nSPS) is 13.7. The molecule has 2 aromatic carbocycles. The largest absolute Gasteiger partial charge is 0.454 e. The number of ketones is 1. The Labute approximate surface area is 175 Å². The van der Waals surface area contributed by atoms with Gasteiger partial charge in [0.15, 0.2) is 12.4 Å². The summed E-state index contributed by atoms with van der Waals surface area (Å²) in [4.78, 5) is 37.7. The van der Waals surface area contributed by atoms with Crippen LogP contribution < -0.4 is 4.90 Å². The Morgan fingerprint density at radius 1 is 1.03 bits per heavy atom. The number of ether oxygens (including phenoxy) is 1. The first-order valence-electron chi connectivity index (χ1n) is 10.3. The lowest BCUT2D eigenvalue weighted by molar-refractivity contribution is -0.384. The van der Waals surface area contributed by atoms with Crippen LogP contribution in [0.15, 0.2) is 42.5 Å². The number of piperidine rings is 1. The topological polar surface area (TPSA) is 89.8 Å². The summed E-state index contributed by atoms with van der Waals surface area (Å²) in [5.74, 6) is -1.06. The zero-order valence-corrected chi connectivity index (χ0v) is 17.1. The van der Waals surface area contributed by atoms with Gasteiger partial charge in [-0.25, -0.2) is 4.79 Å². The van der Waals surface area contributed by atoms with Gasteiger partial charge in [-0.05, 0) is 43.4 Å². The third kappa shape index (κ3) is 5.23. The van der Waals surface area contributed by atoms with E-state index in [1.54, 1.807) is 18.2 Å². The number of Topliss-reactive ketones (excluding diaryl/α,β-unsaturated/α-hetero) is 1. The molecule has 158 valence electrons. The van der Waals surface area contributed by atoms with Gasteiger partial charge in [0.25, 0.3) is 5.69 Å². The van der Waals surface area contributed by atoms with Gasteiger partial charge in [-0.1, -0.05) is 37.6 Å². The van der Waals surface area contributed by atoms with E-state index >= 15 is 0 Å². The van der Waals surface area contributed by atoms with Gasteiger partial charge in [0.1, 0.15) is 5.69 Å². The minimum absolute atomic E-state index is 0.0635. The fourth-order valence-corrected chi connectivity index (χ4v) is 3.64. The van der Waals surface area contributed by atoms with Gasteiger partial charge in [0, 0.05) is 24.7 Å². The smallest absolute Gasteiger partial charge is 0.338 e. The predicted molar refractivity (Wildman–Crippen MR) is 114 cm³/mol. The van der Waals surface area contributed by atoms with Gasteiger partial charge in [0.2, 0.25) is 0 Å². The van der Waals surface area contributed by atoms with Gasteiger partial charge in [-0.2, -0.15) is 0 Å². The van der Waals surface area contributed by atoms with E-state index in [0.29, 0.717) is 11.3 Å². The quantitative estimate of drug-likeness (QED) is 0.274. The van der Waals surface area contributed by atoms with Crippen LogP contribution in [0.1, 0.15) is 58.9 Å². The number of carbonyl (C=O) groups excluding carboxylic acids is 2.